The molecule has 0 aliphatic rings. The molecule has 0 N–H and O–H groups in total. The number of carbonyl (C=O) groups is 1. The van der Waals surface area contributed by atoms with E-state index in [9.17, 15) is 4.79 Å². The van der Waals surface area contributed by atoms with Crippen LogP contribution in [0.1, 0.15) is 36.2 Å². The molecular weight excluding hydrogens is 270 g/mol. The lowest BCUT2D eigenvalue weighted by atomic mass is 9.98. The second-order valence-corrected chi connectivity index (χ2v) is 6.09. The molecule has 0 fully saturated rings. The first kappa shape index (κ1) is 16.3. The summed E-state index contributed by atoms with van der Waals surface area (Å²) in [5, 5.41) is 0. The lowest BCUT2D eigenvalue weighted by Crippen LogP contribution is -2.30. The third-order valence-electron chi connectivity index (χ3n) is 4.19. The van der Waals surface area contributed by atoms with Crippen LogP contribution >= 0.6 is 0 Å². The Bertz CT molecular complexity index is 648. The zero-order chi connectivity index (χ0) is 16.1. The normalized spacial score (nSPS) is 12.0. The Morgan fingerprint density at radius 2 is 1.86 bits per heavy atom. The smallest absolute Gasteiger partial charge is 0.253 e. The van der Waals surface area contributed by atoms with Gasteiger partial charge in [0.15, 0.2) is 0 Å². The molecule has 0 aliphatic heterocycles. The summed E-state index contributed by atoms with van der Waals surface area (Å²) < 4.78 is 0. The number of hydrogen-bond acceptors (Lipinski definition) is 1. The molecule has 0 radical (unpaired) electrons. The number of hydrogen-bond donors (Lipinski definition) is 0. The number of amides is 1. The fourth-order valence-electron chi connectivity index (χ4n) is 2.62. The van der Waals surface area contributed by atoms with Crippen molar-refractivity contribution in [2.24, 2.45) is 5.92 Å². The monoisotopic (exact) mass is 295 g/mol. The molecule has 0 spiro atoms. The predicted octanol–water partition coefficient (Wildman–Crippen LogP) is 4.78. The van der Waals surface area contributed by atoms with Crippen LogP contribution in [-0.2, 0) is 0 Å². The SMILES string of the molecule is CCC(C)CN(C)C(=O)c1cccc(-c2ccccc2C)c1. The van der Waals surface area contributed by atoms with Crippen LogP contribution in [0.25, 0.3) is 11.1 Å². The molecule has 2 aromatic carbocycles. The van der Waals surface area contributed by atoms with E-state index in [1.165, 1.54) is 11.1 Å². The first-order chi connectivity index (χ1) is 10.5. The van der Waals surface area contributed by atoms with Crippen LogP contribution in [0.5, 0.6) is 0 Å². The second-order valence-electron chi connectivity index (χ2n) is 6.09. The highest BCUT2D eigenvalue weighted by Crippen LogP contribution is 2.24. The zero-order valence-electron chi connectivity index (χ0n) is 14.0. The maximum Gasteiger partial charge on any atom is 0.253 e. The summed E-state index contributed by atoms with van der Waals surface area (Å²) in [6.45, 7) is 7.22. The average molecular weight is 295 g/mol. The van der Waals surface area contributed by atoms with Gasteiger partial charge in [-0.3, -0.25) is 4.79 Å². The van der Waals surface area contributed by atoms with Crippen LogP contribution < -0.4 is 0 Å². The van der Waals surface area contributed by atoms with Crippen LogP contribution in [0, 0.1) is 12.8 Å². The van der Waals surface area contributed by atoms with Crippen molar-refractivity contribution < 1.29 is 4.79 Å². The molecule has 2 aromatic rings. The first-order valence-corrected chi connectivity index (χ1v) is 7.94. The molecule has 0 saturated heterocycles. The number of aryl methyl sites for hydroxylation is 1. The summed E-state index contributed by atoms with van der Waals surface area (Å²) in [4.78, 5) is 14.4. The molecule has 1 atom stereocenters. The molecule has 116 valence electrons. The van der Waals surface area contributed by atoms with Crippen molar-refractivity contribution in [2.75, 3.05) is 13.6 Å². The topological polar surface area (TPSA) is 20.3 Å². The van der Waals surface area contributed by atoms with Crippen molar-refractivity contribution in [3.05, 3.63) is 59.7 Å². The molecule has 2 rings (SSSR count). The van der Waals surface area contributed by atoms with E-state index < -0.39 is 0 Å². The highest BCUT2D eigenvalue weighted by atomic mass is 16.2. The van der Waals surface area contributed by atoms with Crippen molar-refractivity contribution in [3.63, 3.8) is 0 Å². The van der Waals surface area contributed by atoms with Crippen molar-refractivity contribution in [2.45, 2.75) is 27.2 Å². The van der Waals surface area contributed by atoms with Gasteiger partial charge in [0.2, 0.25) is 0 Å². The van der Waals surface area contributed by atoms with Gasteiger partial charge in [-0.2, -0.15) is 0 Å². The van der Waals surface area contributed by atoms with Crippen LogP contribution in [-0.4, -0.2) is 24.4 Å². The minimum Gasteiger partial charge on any atom is -0.341 e. The molecular formula is C20H25NO. The predicted molar refractivity (Wildman–Crippen MR) is 93.0 cm³/mol. The van der Waals surface area contributed by atoms with Gasteiger partial charge in [0.05, 0.1) is 0 Å². The van der Waals surface area contributed by atoms with Crippen molar-refractivity contribution in [1.82, 2.24) is 4.90 Å². The van der Waals surface area contributed by atoms with Crippen LogP contribution in [0.3, 0.4) is 0 Å². The molecule has 0 saturated carbocycles. The molecule has 2 heteroatoms. The molecule has 1 amide bonds. The lowest BCUT2D eigenvalue weighted by molar-refractivity contribution is 0.0775. The molecule has 0 aliphatic carbocycles. The Hall–Kier alpha value is -2.09. The molecule has 0 bridgehead atoms. The van der Waals surface area contributed by atoms with Gasteiger partial charge in [0.25, 0.3) is 5.91 Å². The van der Waals surface area contributed by atoms with E-state index in [0.29, 0.717) is 5.92 Å². The molecule has 2 nitrogen and oxygen atoms in total. The minimum absolute atomic E-state index is 0.0933. The third-order valence-corrected chi connectivity index (χ3v) is 4.19. The van der Waals surface area contributed by atoms with Gasteiger partial charge >= 0.3 is 0 Å². The van der Waals surface area contributed by atoms with Gasteiger partial charge in [-0.05, 0) is 41.7 Å². The maximum atomic E-state index is 12.6. The van der Waals surface area contributed by atoms with Gasteiger partial charge in [-0.25, -0.2) is 0 Å². The van der Waals surface area contributed by atoms with Crippen LogP contribution in [0.2, 0.25) is 0 Å². The highest BCUT2D eigenvalue weighted by molar-refractivity contribution is 5.95. The van der Waals surface area contributed by atoms with Gasteiger partial charge < -0.3 is 4.90 Å². The number of rotatable bonds is 5. The van der Waals surface area contributed by atoms with Gasteiger partial charge in [-0.1, -0.05) is 56.7 Å². The first-order valence-electron chi connectivity index (χ1n) is 7.94. The number of benzene rings is 2. The number of nitrogens with zero attached hydrogens (tertiary/aromatic N) is 1. The second kappa shape index (κ2) is 7.26. The van der Waals surface area contributed by atoms with Crippen molar-refractivity contribution in [1.29, 1.82) is 0 Å². The van der Waals surface area contributed by atoms with Gasteiger partial charge in [0.1, 0.15) is 0 Å². The zero-order valence-corrected chi connectivity index (χ0v) is 14.0. The summed E-state index contributed by atoms with van der Waals surface area (Å²) in [5.74, 6) is 0.615. The van der Waals surface area contributed by atoms with Crippen LogP contribution in [0.4, 0.5) is 0 Å². The summed E-state index contributed by atoms with van der Waals surface area (Å²) in [5.41, 5.74) is 4.26. The molecule has 22 heavy (non-hydrogen) atoms. The third kappa shape index (κ3) is 3.76. The standard InChI is InChI=1S/C20H25NO/c1-5-15(2)14-21(4)20(22)18-11-8-10-17(13-18)19-12-7-6-9-16(19)3/h6-13,15H,5,14H2,1-4H3. The van der Waals surface area contributed by atoms with Crippen molar-refractivity contribution in [3.8, 4) is 11.1 Å². The van der Waals surface area contributed by atoms with Gasteiger partial charge in [-0.15, -0.1) is 0 Å². The number of carbonyl (C=O) groups excluding carboxylic acids is 1. The Morgan fingerprint density at radius 3 is 2.55 bits per heavy atom. The fourth-order valence-corrected chi connectivity index (χ4v) is 2.62. The maximum absolute atomic E-state index is 12.6. The molecule has 1 unspecified atom stereocenters. The van der Waals surface area contributed by atoms with E-state index in [1.54, 1.807) is 0 Å². The van der Waals surface area contributed by atoms with E-state index in [0.717, 1.165) is 24.1 Å². The lowest BCUT2D eigenvalue weighted by Gasteiger charge is -2.21. The Labute approximate surface area is 133 Å². The highest BCUT2D eigenvalue weighted by Gasteiger charge is 2.14. The van der Waals surface area contributed by atoms with E-state index in [-0.39, 0.29) is 5.91 Å². The van der Waals surface area contributed by atoms with Crippen molar-refractivity contribution >= 4 is 5.91 Å². The summed E-state index contributed by atoms with van der Waals surface area (Å²) in [7, 11) is 1.88. The molecule has 0 heterocycles. The van der Waals surface area contributed by atoms with E-state index in [1.807, 2.05) is 42.3 Å². The Kier molecular flexibility index (Phi) is 5.37. The summed E-state index contributed by atoms with van der Waals surface area (Å²) in [6, 6.07) is 16.2. The summed E-state index contributed by atoms with van der Waals surface area (Å²) in [6.07, 6.45) is 1.08. The minimum atomic E-state index is 0.0933. The quantitative estimate of drug-likeness (QED) is 0.777. The molecule has 0 aromatic heterocycles. The Balaban J connectivity index is 2.25. The van der Waals surface area contributed by atoms with Crippen LogP contribution in [0.15, 0.2) is 48.5 Å². The van der Waals surface area contributed by atoms with Gasteiger partial charge in [0, 0.05) is 19.2 Å². The summed E-state index contributed by atoms with van der Waals surface area (Å²) >= 11 is 0. The Morgan fingerprint density at radius 1 is 1.14 bits per heavy atom. The van der Waals surface area contributed by atoms with E-state index in [4.69, 9.17) is 0 Å². The largest absolute Gasteiger partial charge is 0.341 e. The van der Waals surface area contributed by atoms with E-state index in [2.05, 4.69) is 39.0 Å². The van der Waals surface area contributed by atoms with E-state index >= 15 is 0 Å². The fraction of sp³-hybridized carbons (Fsp3) is 0.350. The average Bonchev–Trinajstić information content (AvgIpc) is 2.54.